The van der Waals surface area contributed by atoms with E-state index in [1.54, 1.807) is 0 Å². The van der Waals surface area contributed by atoms with Crippen LogP contribution in [0.25, 0.3) is 10.9 Å². The number of pyridine rings is 1. The molecule has 0 aliphatic carbocycles. The van der Waals surface area contributed by atoms with Gasteiger partial charge in [-0.05, 0) is 43.3 Å². The van der Waals surface area contributed by atoms with Crippen LogP contribution >= 0.6 is 11.3 Å². The van der Waals surface area contributed by atoms with Crippen molar-refractivity contribution in [2.24, 2.45) is 0 Å². The number of fused-ring (bicyclic) bond motifs is 1. The lowest BCUT2D eigenvalue weighted by molar-refractivity contribution is 0.643. The molecule has 3 aromatic rings. The van der Waals surface area contributed by atoms with Crippen LogP contribution in [0.5, 0.6) is 0 Å². The Morgan fingerprint density at radius 1 is 1.15 bits per heavy atom. The van der Waals surface area contributed by atoms with Gasteiger partial charge in [0.05, 0.1) is 11.6 Å². The Bertz CT molecular complexity index is 712. The molecular weight excluding hydrogens is 264 g/mol. The first-order chi connectivity index (χ1) is 9.79. The topological polar surface area (TPSA) is 24.9 Å². The van der Waals surface area contributed by atoms with E-state index in [4.69, 9.17) is 0 Å². The van der Waals surface area contributed by atoms with Crippen molar-refractivity contribution in [2.75, 3.05) is 6.54 Å². The molecule has 1 N–H and O–H groups in total. The molecule has 0 aliphatic rings. The fourth-order valence-corrected chi connectivity index (χ4v) is 3.52. The fraction of sp³-hybridized carbons (Fsp3) is 0.235. The molecule has 102 valence electrons. The van der Waals surface area contributed by atoms with E-state index in [1.165, 1.54) is 20.7 Å². The number of nitrogens with one attached hydrogen (secondary N) is 1. The molecule has 0 aliphatic heterocycles. The minimum atomic E-state index is 0.242. The molecule has 1 unspecified atom stereocenters. The van der Waals surface area contributed by atoms with Gasteiger partial charge in [0.25, 0.3) is 0 Å². The molecule has 1 aromatic carbocycles. The fourth-order valence-electron chi connectivity index (χ4n) is 2.55. The smallest absolute Gasteiger partial charge is 0.0705 e. The number of hydrogen-bond donors (Lipinski definition) is 1. The molecule has 2 heterocycles. The summed E-state index contributed by atoms with van der Waals surface area (Å²) in [5.41, 5.74) is 2.36. The second-order valence-corrected chi connectivity index (χ2v) is 6.18. The maximum Gasteiger partial charge on any atom is 0.0705 e. The summed E-state index contributed by atoms with van der Waals surface area (Å²) in [4.78, 5) is 7.17. The van der Waals surface area contributed by atoms with E-state index in [0.29, 0.717) is 0 Å². The first-order valence-corrected chi connectivity index (χ1v) is 7.74. The summed E-state index contributed by atoms with van der Waals surface area (Å²) in [5.74, 6) is 0. The molecule has 0 saturated heterocycles. The molecule has 0 saturated carbocycles. The van der Waals surface area contributed by atoms with Crippen molar-refractivity contribution in [3.8, 4) is 0 Å². The lowest BCUT2D eigenvalue weighted by atomic mass is 10.0. The Morgan fingerprint density at radius 3 is 2.75 bits per heavy atom. The Hall–Kier alpha value is -1.71. The van der Waals surface area contributed by atoms with E-state index in [2.05, 4.69) is 60.5 Å². The van der Waals surface area contributed by atoms with Gasteiger partial charge < -0.3 is 5.32 Å². The zero-order chi connectivity index (χ0) is 13.9. The summed E-state index contributed by atoms with van der Waals surface area (Å²) >= 11 is 1.86. The predicted octanol–water partition coefficient (Wildman–Crippen LogP) is 4.30. The third kappa shape index (κ3) is 2.47. The van der Waals surface area contributed by atoms with Crippen molar-refractivity contribution in [2.45, 2.75) is 19.9 Å². The van der Waals surface area contributed by atoms with Crippen molar-refractivity contribution in [3.63, 3.8) is 0 Å². The quantitative estimate of drug-likeness (QED) is 0.771. The van der Waals surface area contributed by atoms with Gasteiger partial charge in [0.2, 0.25) is 0 Å². The van der Waals surface area contributed by atoms with Crippen LogP contribution < -0.4 is 5.32 Å². The SMILES string of the molecule is CCNC(c1ccc(C)s1)c1ccnc2ccccc12. The number of thiophene rings is 1. The van der Waals surface area contributed by atoms with E-state index < -0.39 is 0 Å². The number of aryl methyl sites for hydroxylation is 1. The number of nitrogens with zero attached hydrogens (tertiary/aromatic N) is 1. The third-order valence-corrected chi connectivity index (χ3v) is 4.51. The van der Waals surface area contributed by atoms with Crippen molar-refractivity contribution in [1.82, 2.24) is 10.3 Å². The van der Waals surface area contributed by atoms with Crippen LogP contribution in [0.2, 0.25) is 0 Å². The third-order valence-electron chi connectivity index (χ3n) is 3.45. The zero-order valence-corrected chi connectivity index (χ0v) is 12.6. The summed E-state index contributed by atoms with van der Waals surface area (Å²) in [6.07, 6.45) is 1.91. The second-order valence-electron chi connectivity index (χ2n) is 4.86. The summed E-state index contributed by atoms with van der Waals surface area (Å²) in [6.45, 7) is 5.25. The minimum Gasteiger partial charge on any atom is -0.306 e. The molecule has 0 radical (unpaired) electrons. The molecule has 3 heteroatoms. The lowest BCUT2D eigenvalue weighted by Crippen LogP contribution is -2.21. The monoisotopic (exact) mass is 282 g/mol. The van der Waals surface area contributed by atoms with Crippen LogP contribution in [0.4, 0.5) is 0 Å². The molecule has 0 bridgehead atoms. The van der Waals surface area contributed by atoms with Gasteiger partial charge in [-0.2, -0.15) is 0 Å². The van der Waals surface area contributed by atoms with Crippen LogP contribution in [0.15, 0.2) is 48.7 Å². The number of benzene rings is 1. The Balaban J connectivity index is 2.14. The Morgan fingerprint density at radius 2 is 2.00 bits per heavy atom. The van der Waals surface area contributed by atoms with Gasteiger partial charge >= 0.3 is 0 Å². The lowest BCUT2D eigenvalue weighted by Gasteiger charge is -2.18. The van der Waals surface area contributed by atoms with Gasteiger partial charge in [-0.3, -0.25) is 4.98 Å². The first kappa shape index (κ1) is 13.3. The summed E-state index contributed by atoms with van der Waals surface area (Å²) in [7, 11) is 0. The number of aromatic nitrogens is 1. The van der Waals surface area contributed by atoms with E-state index in [9.17, 15) is 0 Å². The highest BCUT2D eigenvalue weighted by Crippen LogP contribution is 2.31. The molecule has 0 fully saturated rings. The highest BCUT2D eigenvalue weighted by atomic mass is 32.1. The average Bonchev–Trinajstić information content (AvgIpc) is 2.91. The highest BCUT2D eigenvalue weighted by Gasteiger charge is 2.17. The average molecular weight is 282 g/mol. The molecule has 20 heavy (non-hydrogen) atoms. The van der Waals surface area contributed by atoms with Crippen molar-refractivity contribution in [1.29, 1.82) is 0 Å². The summed E-state index contributed by atoms with van der Waals surface area (Å²) in [5, 5.41) is 4.83. The van der Waals surface area contributed by atoms with Gasteiger partial charge in [-0.25, -0.2) is 0 Å². The van der Waals surface area contributed by atoms with Crippen molar-refractivity contribution in [3.05, 3.63) is 64.0 Å². The molecule has 2 nitrogen and oxygen atoms in total. The van der Waals surface area contributed by atoms with Crippen LogP contribution in [-0.2, 0) is 0 Å². The summed E-state index contributed by atoms with van der Waals surface area (Å²) < 4.78 is 0. The maximum absolute atomic E-state index is 4.46. The molecule has 1 atom stereocenters. The summed E-state index contributed by atoms with van der Waals surface area (Å²) in [6, 6.07) is 15.1. The van der Waals surface area contributed by atoms with E-state index in [0.717, 1.165) is 12.1 Å². The largest absolute Gasteiger partial charge is 0.306 e. The van der Waals surface area contributed by atoms with E-state index in [1.807, 2.05) is 23.6 Å². The van der Waals surface area contributed by atoms with Gasteiger partial charge in [0, 0.05) is 21.3 Å². The normalized spacial score (nSPS) is 12.7. The van der Waals surface area contributed by atoms with Crippen LogP contribution in [0, 0.1) is 6.92 Å². The van der Waals surface area contributed by atoms with Crippen LogP contribution in [0.3, 0.4) is 0 Å². The van der Waals surface area contributed by atoms with Gasteiger partial charge in [0.1, 0.15) is 0 Å². The molecule has 2 aromatic heterocycles. The van der Waals surface area contributed by atoms with E-state index >= 15 is 0 Å². The number of para-hydroxylation sites is 1. The van der Waals surface area contributed by atoms with Crippen LogP contribution in [-0.4, -0.2) is 11.5 Å². The molecule has 3 rings (SSSR count). The Labute approximate surface area is 123 Å². The molecular formula is C17H18N2S. The first-order valence-electron chi connectivity index (χ1n) is 6.93. The molecule has 0 spiro atoms. The Kier molecular flexibility index (Phi) is 3.81. The minimum absolute atomic E-state index is 0.242. The highest BCUT2D eigenvalue weighted by molar-refractivity contribution is 7.12. The zero-order valence-electron chi connectivity index (χ0n) is 11.8. The van der Waals surface area contributed by atoms with E-state index in [-0.39, 0.29) is 6.04 Å². The second kappa shape index (κ2) is 5.73. The predicted molar refractivity (Wildman–Crippen MR) is 86.3 cm³/mol. The van der Waals surface area contributed by atoms with Crippen molar-refractivity contribution < 1.29 is 0 Å². The van der Waals surface area contributed by atoms with Crippen LogP contribution in [0.1, 0.15) is 28.3 Å². The number of hydrogen-bond acceptors (Lipinski definition) is 3. The number of rotatable bonds is 4. The van der Waals surface area contributed by atoms with Gasteiger partial charge in [-0.1, -0.05) is 25.1 Å². The van der Waals surface area contributed by atoms with Gasteiger partial charge in [-0.15, -0.1) is 11.3 Å². The van der Waals surface area contributed by atoms with Crippen molar-refractivity contribution >= 4 is 22.2 Å². The van der Waals surface area contributed by atoms with Gasteiger partial charge in [0.15, 0.2) is 0 Å². The standard InChI is InChI=1S/C17H18N2S/c1-3-18-17(16-9-8-12(2)20-16)14-10-11-19-15-7-5-4-6-13(14)15/h4-11,17-18H,3H2,1-2H3. The maximum atomic E-state index is 4.46. The molecule has 0 amide bonds.